The zero-order chi connectivity index (χ0) is 10.5. The first kappa shape index (κ1) is 10.2. The Labute approximate surface area is 91.1 Å². The summed E-state index contributed by atoms with van der Waals surface area (Å²) < 4.78 is 0. The van der Waals surface area contributed by atoms with Crippen LogP contribution in [0.5, 0.6) is 0 Å². The van der Waals surface area contributed by atoms with Crippen molar-refractivity contribution < 1.29 is 0 Å². The van der Waals surface area contributed by atoms with Crippen molar-refractivity contribution in [2.24, 2.45) is 0 Å². The van der Waals surface area contributed by atoms with Crippen molar-refractivity contribution in [1.29, 1.82) is 0 Å². The van der Waals surface area contributed by atoms with Crippen LogP contribution in [0.15, 0.2) is 42.5 Å². The Balaban J connectivity index is 2.26. The quantitative estimate of drug-likeness (QED) is 0.746. The zero-order valence-electron chi connectivity index (χ0n) is 9.16. The van der Waals surface area contributed by atoms with Crippen LogP contribution in [-0.2, 0) is 6.42 Å². The molecule has 0 aliphatic rings. The zero-order valence-corrected chi connectivity index (χ0v) is 9.16. The molecule has 0 aliphatic heterocycles. The first-order valence-electron chi connectivity index (χ1n) is 5.59. The lowest BCUT2D eigenvalue weighted by atomic mass is 10.0. The lowest BCUT2D eigenvalue weighted by molar-refractivity contribution is 0.718. The van der Waals surface area contributed by atoms with Gasteiger partial charge in [-0.3, -0.25) is 0 Å². The summed E-state index contributed by atoms with van der Waals surface area (Å²) in [6.07, 6.45) is 1.11. The van der Waals surface area contributed by atoms with E-state index < -0.39 is 0 Å². The molecule has 2 aromatic carbocycles. The van der Waals surface area contributed by atoms with Crippen LogP contribution in [0.2, 0.25) is 0 Å². The van der Waals surface area contributed by atoms with Gasteiger partial charge in [0.1, 0.15) is 0 Å². The van der Waals surface area contributed by atoms with Gasteiger partial charge in [0, 0.05) is 0 Å². The van der Waals surface area contributed by atoms with E-state index in [0.717, 1.165) is 19.5 Å². The van der Waals surface area contributed by atoms with E-state index in [1.165, 1.54) is 16.3 Å². The number of rotatable bonds is 4. The van der Waals surface area contributed by atoms with E-state index in [1.807, 2.05) is 0 Å². The van der Waals surface area contributed by atoms with E-state index in [0.29, 0.717) is 0 Å². The maximum absolute atomic E-state index is 3.36. The molecule has 0 bridgehead atoms. The number of hydrogen-bond donors (Lipinski definition) is 1. The fourth-order valence-electron chi connectivity index (χ4n) is 1.91. The fraction of sp³-hybridized carbons (Fsp3) is 0.286. The monoisotopic (exact) mass is 199 g/mol. The number of likely N-dealkylation sites (N-methyl/N-ethyl adjacent to an activating group) is 1. The molecule has 1 nitrogen and oxygen atoms in total. The van der Waals surface area contributed by atoms with E-state index in [9.17, 15) is 0 Å². The van der Waals surface area contributed by atoms with Gasteiger partial charge >= 0.3 is 0 Å². The Morgan fingerprint density at radius 3 is 2.67 bits per heavy atom. The van der Waals surface area contributed by atoms with E-state index in [1.54, 1.807) is 0 Å². The summed E-state index contributed by atoms with van der Waals surface area (Å²) in [6.45, 7) is 4.25. The Morgan fingerprint density at radius 2 is 1.80 bits per heavy atom. The number of nitrogens with one attached hydrogen (secondary N) is 1. The SMILES string of the molecule is CCNCCc1cccc2ccccc12. The molecule has 1 heteroatoms. The number of fused-ring (bicyclic) bond motifs is 1. The van der Waals surface area contributed by atoms with Crippen LogP contribution in [0.25, 0.3) is 10.8 Å². The highest BCUT2D eigenvalue weighted by Crippen LogP contribution is 2.18. The normalized spacial score (nSPS) is 10.7. The molecule has 0 aromatic heterocycles. The van der Waals surface area contributed by atoms with Gasteiger partial charge in [0.2, 0.25) is 0 Å². The van der Waals surface area contributed by atoms with Crippen molar-refractivity contribution in [3.05, 3.63) is 48.0 Å². The Morgan fingerprint density at radius 1 is 1.00 bits per heavy atom. The van der Waals surface area contributed by atoms with Crippen molar-refractivity contribution in [3.8, 4) is 0 Å². The third-order valence-corrected chi connectivity index (χ3v) is 2.70. The van der Waals surface area contributed by atoms with Crippen molar-refractivity contribution in [3.63, 3.8) is 0 Å². The molecule has 2 rings (SSSR count). The summed E-state index contributed by atoms with van der Waals surface area (Å²) in [5.41, 5.74) is 1.44. The summed E-state index contributed by atoms with van der Waals surface area (Å²) in [5.74, 6) is 0. The largest absolute Gasteiger partial charge is 0.317 e. The molecule has 0 saturated heterocycles. The summed E-state index contributed by atoms with van der Waals surface area (Å²) in [5, 5.41) is 6.09. The van der Waals surface area contributed by atoms with Crippen LogP contribution in [0, 0.1) is 0 Å². The molecule has 0 radical (unpaired) electrons. The van der Waals surface area contributed by atoms with E-state index >= 15 is 0 Å². The first-order chi connectivity index (χ1) is 7.42. The van der Waals surface area contributed by atoms with Gasteiger partial charge in [-0.05, 0) is 35.8 Å². The second-order valence-corrected chi connectivity index (χ2v) is 3.74. The summed E-state index contributed by atoms with van der Waals surface area (Å²) in [7, 11) is 0. The smallest absolute Gasteiger partial charge is 0.000825 e. The van der Waals surface area contributed by atoms with Crippen molar-refractivity contribution >= 4 is 10.8 Å². The molecule has 0 fully saturated rings. The van der Waals surface area contributed by atoms with E-state index in [4.69, 9.17) is 0 Å². The third kappa shape index (κ3) is 2.37. The van der Waals surface area contributed by atoms with Crippen molar-refractivity contribution in [2.75, 3.05) is 13.1 Å². The molecule has 0 spiro atoms. The van der Waals surface area contributed by atoms with Crippen LogP contribution in [0.3, 0.4) is 0 Å². The maximum Gasteiger partial charge on any atom is -0.000825 e. The lowest BCUT2D eigenvalue weighted by Crippen LogP contribution is -2.16. The van der Waals surface area contributed by atoms with Crippen LogP contribution in [-0.4, -0.2) is 13.1 Å². The predicted octanol–water partition coefficient (Wildman–Crippen LogP) is 2.99. The fourth-order valence-corrected chi connectivity index (χ4v) is 1.91. The van der Waals surface area contributed by atoms with Gasteiger partial charge in [-0.2, -0.15) is 0 Å². The molecule has 0 saturated carbocycles. The lowest BCUT2D eigenvalue weighted by Gasteiger charge is -2.06. The molecular weight excluding hydrogens is 182 g/mol. The Bertz CT molecular complexity index is 429. The summed E-state index contributed by atoms with van der Waals surface area (Å²) in [4.78, 5) is 0. The minimum Gasteiger partial charge on any atom is -0.317 e. The number of benzene rings is 2. The van der Waals surface area contributed by atoms with Crippen LogP contribution < -0.4 is 5.32 Å². The van der Waals surface area contributed by atoms with Crippen molar-refractivity contribution in [2.45, 2.75) is 13.3 Å². The second-order valence-electron chi connectivity index (χ2n) is 3.74. The second kappa shape index (κ2) is 4.94. The van der Waals surface area contributed by atoms with Gasteiger partial charge in [-0.25, -0.2) is 0 Å². The molecule has 0 aliphatic carbocycles. The topological polar surface area (TPSA) is 12.0 Å². The van der Waals surface area contributed by atoms with Crippen molar-refractivity contribution in [1.82, 2.24) is 5.32 Å². The molecule has 0 unspecified atom stereocenters. The Hall–Kier alpha value is -1.34. The molecule has 1 N–H and O–H groups in total. The molecule has 2 aromatic rings. The van der Waals surface area contributed by atoms with Gasteiger partial charge < -0.3 is 5.32 Å². The highest BCUT2D eigenvalue weighted by Gasteiger charge is 1.98. The van der Waals surface area contributed by atoms with Gasteiger partial charge in [-0.1, -0.05) is 49.4 Å². The minimum atomic E-state index is 1.05. The van der Waals surface area contributed by atoms with Gasteiger partial charge in [0.05, 0.1) is 0 Å². The molecule has 0 atom stereocenters. The van der Waals surface area contributed by atoms with Gasteiger partial charge in [0.15, 0.2) is 0 Å². The minimum absolute atomic E-state index is 1.05. The van der Waals surface area contributed by atoms with Crippen LogP contribution >= 0.6 is 0 Å². The van der Waals surface area contributed by atoms with E-state index in [-0.39, 0.29) is 0 Å². The van der Waals surface area contributed by atoms with Crippen LogP contribution in [0.1, 0.15) is 12.5 Å². The Kier molecular flexibility index (Phi) is 3.36. The molecule has 0 amide bonds. The average molecular weight is 199 g/mol. The molecular formula is C14H17N. The maximum atomic E-state index is 3.36. The molecule has 78 valence electrons. The van der Waals surface area contributed by atoms with Gasteiger partial charge in [0.25, 0.3) is 0 Å². The van der Waals surface area contributed by atoms with Gasteiger partial charge in [-0.15, -0.1) is 0 Å². The average Bonchev–Trinajstić information content (AvgIpc) is 2.30. The summed E-state index contributed by atoms with van der Waals surface area (Å²) in [6, 6.07) is 15.1. The molecule has 15 heavy (non-hydrogen) atoms. The third-order valence-electron chi connectivity index (χ3n) is 2.70. The van der Waals surface area contributed by atoms with E-state index in [2.05, 4.69) is 54.7 Å². The highest BCUT2D eigenvalue weighted by molar-refractivity contribution is 5.85. The first-order valence-corrected chi connectivity index (χ1v) is 5.59. The number of hydrogen-bond acceptors (Lipinski definition) is 1. The summed E-state index contributed by atoms with van der Waals surface area (Å²) >= 11 is 0. The molecule has 0 heterocycles. The predicted molar refractivity (Wildman–Crippen MR) is 66.2 cm³/mol. The standard InChI is InChI=1S/C14H17N/c1-2-15-11-10-13-8-5-7-12-6-3-4-9-14(12)13/h3-9,15H,2,10-11H2,1H3. The highest BCUT2D eigenvalue weighted by atomic mass is 14.8. The van der Waals surface area contributed by atoms with Crippen LogP contribution in [0.4, 0.5) is 0 Å².